The van der Waals surface area contributed by atoms with Crippen molar-refractivity contribution in [1.29, 1.82) is 0 Å². The van der Waals surface area contributed by atoms with E-state index in [1.54, 1.807) is 7.11 Å². The maximum absolute atomic E-state index is 5.57. The highest BCUT2D eigenvalue weighted by Gasteiger charge is 2.36. The third-order valence-corrected chi connectivity index (χ3v) is 2.61. The summed E-state index contributed by atoms with van der Waals surface area (Å²) in [4.78, 5) is 0. The van der Waals surface area contributed by atoms with E-state index in [0.717, 1.165) is 45.9 Å². The van der Waals surface area contributed by atoms with Gasteiger partial charge in [0.1, 0.15) is 0 Å². The maximum atomic E-state index is 5.57. The summed E-state index contributed by atoms with van der Waals surface area (Å²) >= 11 is 0. The Morgan fingerprint density at radius 3 is 2.54 bits per heavy atom. The topological polar surface area (TPSA) is 27.7 Å². The molecule has 1 aliphatic heterocycles. The van der Waals surface area contributed by atoms with Crippen molar-refractivity contribution in [1.82, 2.24) is 0 Å². The second-order valence-electron chi connectivity index (χ2n) is 3.75. The van der Waals surface area contributed by atoms with Gasteiger partial charge in [-0.05, 0) is 12.8 Å². The van der Waals surface area contributed by atoms with Crippen molar-refractivity contribution in [3.63, 3.8) is 0 Å². The summed E-state index contributed by atoms with van der Waals surface area (Å²) in [6.07, 6.45) is 2.13. The minimum Gasteiger partial charge on any atom is -0.385 e. The van der Waals surface area contributed by atoms with Crippen LogP contribution in [-0.4, -0.2) is 40.1 Å². The van der Waals surface area contributed by atoms with E-state index in [1.165, 1.54) is 0 Å². The molecule has 0 aliphatic carbocycles. The average Bonchev–Trinajstić information content (AvgIpc) is 2.09. The largest absolute Gasteiger partial charge is 0.385 e. The number of rotatable bonds is 7. The summed E-state index contributed by atoms with van der Waals surface area (Å²) in [5.41, 5.74) is 0.326. The minimum absolute atomic E-state index is 0.326. The molecule has 0 aromatic carbocycles. The Morgan fingerprint density at radius 2 is 2.08 bits per heavy atom. The van der Waals surface area contributed by atoms with Crippen molar-refractivity contribution in [3.05, 3.63) is 0 Å². The third-order valence-electron chi connectivity index (χ3n) is 2.61. The third kappa shape index (κ3) is 3.25. The van der Waals surface area contributed by atoms with Gasteiger partial charge in [-0.3, -0.25) is 0 Å². The molecule has 0 radical (unpaired) electrons. The van der Waals surface area contributed by atoms with E-state index in [0.29, 0.717) is 5.41 Å². The van der Waals surface area contributed by atoms with Crippen LogP contribution in [-0.2, 0) is 14.2 Å². The Bertz CT molecular complexity index is 127. The first-order valence-electron chi connectivity index (χ1n) is 4.97. The summed E-state index contributed by atoms with van der Waals surface area (Å²) in [6, 6.07) is 0. The molecule has 0 unspecified atom stereocenters. The van der Waals surface area contributed by atoms with E-state index in [-0.39, 0.29) is 0 Å². The van der Waals surface area contributed by atoms with Crippen molar-refractivity contribution >= 4 is 0 Å². The first-order chi connectivity index (χ1) is 6.33. The molecule has 0 saturated carbocycles. The molecule has 0 amide bonds. The number of hydrogen-bond acceptors (Lipinski definition) is 3. The molecular formula is C10H20O3. The van der Waals surface area contributed by atoms with E-state index in [9.17, 15) is 0 Å². The fourth-order valence-electron chi connectivity index (χ4n) is 1.37. The fourth-order valence-corrected chi connectivity index (χ4v) is 1.37. The summed E-state index contributed by atoms with van der Waals surface area (Å²) < 4.78 is 15.7. The molecule has 0 atom stereocenters. The Morgan fingerprint density at radius 1 is 1.31 bits per heavy atom. The highest BCUT2D eigenvalue weighted by atomic mass is 16.5. The molecule has 0 spiro atoms. The van der Waals surface area contributed by atoms with Crippen LogP contribution < -0.4 is 0 Å². The Kier molecular flexibility index (Phi) is 4.70. The van der Waals surface area contributed by atoms with E-state index < -0.39 is 0 Å². The fraction of sp³-hybridized carbons (Fsp3) is 1.00. The van der Waals surface area contributed by atoms with Crippen LogP contribution in [0.4, 0.5) is 0 Å². The lowest BCUT2D eigenvalue weighted by molar-refractivity contribution is -0.150. The monoisotopic (exact) mass is 188 g/mol. The van der Waals surface area contributed by atoms with Crippen molar-refractivity contribution in [2.75, 3.05) is 40.1 Å². The summed E-state index contributed by atoms with van der Waals surface area (Å²) in [5, 5.41) is 0. The molecular weight excluding hydrogens is 168 g/mol. The molecule has 3 nitrogen and oxygen atoms in total. The van der Waals surface area contributed by atoms with Gasteiger partial charge in [0.25, 0.3) is 0 Å². The Balaban J connectivity index is 1.98. The van der Waals surface area contributed by atoms with Gasteiger partial charge in [0.15, 0.2) is 0 Å². The first kappa shape index (κ1) is 11.0. The van der Waals surface area contributed by atoms with Gasteiger partial charge in [-0.15, -0.1) is 0 Å². The number of ether oxygens (including phenoxy) is 3. The summed E-state index contributed by atoms with van der Waals surface area (Å²) in [6.45, 7) is 6.36. The number of hydrogen-bond donors (Lipinski definition) is 0. The quantitative estimate of drug-likeness (QED) is 0.566. The molecule has 1 saturated heterocycles. The SMILES string of the molecule is CCC1(COCCCOC)COC1. The predicted molar refractivity (Wildman–Crippen MR) is 50.9 cm³/mol. The van der Waals surface area contributed by atoms with E-state index in [4.69, 9.17) is 14.2 Å². The normalized spacial score (nSPS) is 19.8. The van der Waals surface area contributed by atoms with Gasteiger partial charge in [-0.1, -0.05) is 6.92 Å². The molecule has 1 aliphatic rings. The van der Waals surface area contributed by atoms with Gasteiger partial charge in [0.2, 0.25) is 0 Å². The van der Waals surface area contributed by atoms with Crippen molar-refractivity contribution in [2.24, 2.45) is 5.41 Å². The second kappa shape index (κ2) is 5.58. The molecule has 1 fully saturated rings. The van der Waals surface area contributed by atoms with Crippen LogP contribution >= 0.6 is 0 Å². The minimum atomic E-state index is 0.326. The standard InChI is InChI=1S/C10H20O3/c1-3-10(8-13-9-10)7-12-6-4-5-11-2/h3-9H2,1-2H3. The molecule has 78 valence electrons. The van der Waals surface area contributed by atoms with Crippen LogP contribution in [0.5, 0.6) is 0 Å². The van der Waals surface area contributed by atoms with E-state index in [1.807, 2.05) is 0 Å². The summed E-state index contributed by atoms with van der Waals surface area (Å²) in [5.74, 6) is 0. The second-order valence-corrected chi connectivity index (χ2v) is 3.75. The predicted octanol–water partition coefficient (Wildman–Crippen LogP) is 1.47. The average molecular weight is 188 g/mol. The molecule has 0 N–H and O–H groups in total. The molecule has 0 aromatic heterocycles. The lowest BCUT2D eigenvalue weighted by Crippen LogP contribution is -2.45. The van der Waals surface area contributed by atoms with Crippen molar-refractivity contribution in [3.8, 4) is 0 Å². The highest BCUT2D eigenvalue weighted by molar-refractivity contribution is 4.83. The Labute approximate surface area is 80.4 Å². The number of methoxy groups -OCH3 is 1. The zero-order valence-electron chi connectivity index (χ0n) is 8.67. The zero-order valence-corrected chi connectivity index (χ0v) is 8.67. The molecule has 0 aromatic rings. The highest BCUT2D eigenvalue weighted by Crippen LogP contribution is 2.31. The smallest absolute Gasteiger partial charge is 0.0566 e. The molecule has 1 heterocycles. The Hall–Kier alpha value is -0.120. The van der Waals surface area contributed by atoms with Crippen molar-refractivity contribution in [2.45, 2.75) is 19.8 Å². The molecule has 1 rings (SSSR count). The van der Waals surface area contributed by atoms with Crippen molar-refractivity contribution < 1.29 is 14.2 Å². The van der Waals surface area contributed by atoms with Crippen LogP contribution in [0.25, 0.3) is 0 Å². The molecule has 13 heavy (non-hydrogen) atoms. The van der Waals surface area contributed by atoms with E-state index in [2.05, 4.69) is 6.92 Å². The van der Waals surface area contributed by atoms with Crippen LogP contribution in [0, 0.1) is 5.41 Å². The lowest BCUT2D eigenvalue weighted by atomic mass is 9.84. The van der Waals surface area contributed by atoms with Gasteiger partial charge in [0.05, 0.1) is 19.8 Å². The molecule has 0 bridgehead atoms. The molecule has 3 heteroatoms. The van der Waals surface area contributed by atoms with Crippen LogP contribution in [0.3, 0.4) is 0 Å². The first-order valence-corrected chi connectivity index (χ1v) is 4.97. The van der Waals surface area contributed by atoms with Gasteiger partial charge >= 0.3 is 0 Å². The van der Waals surface area contributed by atoms with Gasteiger partial charge in [-0.2, -0.15) is 0 Å². The van der Waals surface area contributed by atoms with Crippen LogP contribution in [0.15, 0.2) is 0 Å². The zero-order chi connectivity index (χ0) is 9.57. The van der Waals surface area contributed by atoms with Gasteiger partial charge < -0.3 is 14.2 Å². The van der Waals surface area contributed by atoms with Gasteiger partial charge in [0, 0.05) is 25.7 Å². The maximum Gasteiger partial charge on any atom is 0.0566 e. The van der Waals surface area contributed by atoms with Gasteiger partial charge in [-0.25, -0.2) is 0 Å². The lowest BCUT2D eigenvalue weighted by Gasteiger charge is -2.40. The van der Waals surface area contributed by atoms with Crippen LogP contribution in [0.2, 0.25) is 0 Å². The van der Waals surface area contributed by atoms with Crippen LogP contribution in [0.1, 0.15) is 19.8 Å². The summed E-state index contributed by atoms with van der Waals surface area (Å²) in [7, 11) is 1.72. The van der Waals surface area contributed by atoms with E-state index >= 15 is 0 Å².